The average Bonchev–Trinajstić information content (AvgIpc) is 3.02. The lowest BCUT2D eigenvalue weighted by Gasteiger charge is -2.36. The van der Waals surface area contributed by atoms with Gasteiger partial charge in [-0.05, 0) is 23.8 Å². The number of benzene rings is 1. The molecule has 1 unspecified atom stereocenters. The predicted molar refractivity (Wildman–Crippen MR) is 99.3 cm³/mol. The SMILES string of the molecule is COC(=O)c1ccc(Cl)c(CN2CCNCC2c2nccn2C)c1.Cl. The second-order valence-corrected chi connectivity index (χ2v) is 6.29. The maximum Gasteiger partial charge on any atom is 0.337 e. The summed E-state index contributed by atoms with van der Waals surface area (Å²) in [5, 5.41) is 4.07. The van der Waals surface area contributed by atoms with Crippen molar-refractivity contribution in [3.8, 4) is 0 Å². The van der Waals surface area contributed by atoms with Gasteiger partial charge in [-0.3, -0.25) is 4.90 Å². The number of nitrogens with zero attached hydrogens (tertiary/aromatic N) is 3. The van der Waals surface area contributed by atoms with Gasteiger partial charge in [-0.15, -0.1) is 12.4 Å². The molecule has 1 saturated heterocycles. The number of halogens is 2. The van der Waals surface area contributed by atoms with E-state index < -0.39 is 0 Å². The lowest BCUT2D eigenvalue weighted by molar-refractivity contribution is 0.0600. The summed E-state index contributed by atoms with van der Waals surface area (Å²) in [4.78, 5) is 18.6. The summed E-state index contributed by atoms with van der Waals surface area (Å²) in [6.07, 6.45) is 3.76. The Kier molecular flexibility index (Phi) is 6.84. The Morgan fingerprint density at radius 2 is 2.28 bits per heavy atom. The molecule has 0 spiro atoms. The predicted octanol–water partition coefficient (Wildman–Crippen LogP) is 2.43. The summed E-state index contributed by atoms with van der Waals surface area (Å²) in [5.41, 5.74) is 1.43. The fourth-order valence-corrected chi connectivity index (χ4v) is 3.23. The average molecular weight is 385 g/mol. The summed E-state index contributed by atoms with van der Waals surface area (Å²) in [5.74, 6) is 0.663. The van der Waals surface area contributed by atoms with Crippen LogP contribution in [0.15, 0.2) is 30.6 Å². The van der Waals surface area contributed by atoms with Crippen molar-refractivity contribution >= 4 is 30.0 Å². The first kappa shape index (κ1) is 19.7. The van der Waals surface area contributed by atoms with Crippen molar-refractivity contribution in [3.63, 3.8) is 0 Å². The van der Waals surface area contributed by atoms with Crippen LogP contribution in [0.3, 0.4) is 0 Å². The zero-order chi connectivity index (χ0) is 17.1. The molecule has 0 saturated carbocycles. The first-order valence-corrected chi connectivity index (χ1v) is 8.26. The number of aryl methyl sites for hydroxylation is 1. The number of piperazine rings is 1. The van der Waals surface area contributed by atoms with Crippen molar-refractivity contribution in [3.05, 3.63) is 52.6 Å². The molecule has 2 aromatic rings. The van der Waals surface area contributed by atoms with Crippen LogP contribution in [0.25, 0.3) is 0 Å². The fraction of sp³-hybridized carbons (Fsp3) is 0.412. The molecule has 3 rings (SSSR count). The van der Waals surface area contributed by atoms with Crippen molar-refractivity contribution in [2.45, 2.75) is 12.6 Å². The van der Waals surface area contributed by atoms with E-state index >= 15 is 0 Å². The normalized spacial score (nSPS) is 17.8. The van der Waals surface area contributed by atoms with E-state index in [1.54, 1.807) is 12.1 Å². The van der Waals surface area contributed by atoms with Crippen LogP contribution in [0.4, 0.5) is 0 Å². The standard InChI is InChI=1S/C17H21ClN4O2.ClH/c1-21-7-6-20-16(21)15-10-19-5-8-22(15)11-13-9-12(17(23)24-2)3-4-14(13)18;/h3-4,6-7,9,15,19H,5,8,10-11H2,1-2H3;1H. The van der Waals surface area contributed by atoms with E-state index in [9.17, 15) is 4.79 Å². The zero-order valence-electron chi connectivity index (χ0n) is 14.2. The van der Waals surface area contributed by atoms with Gasteiger partial charge < -0.3 is 14.6 Å². The van der Waals surface area contributed by atoms with Crippen LogP contribution in [-0.4, -0.2) is 47.2 Å². The summed E-state index contributed by atoms with van der Waals surface area (Å²) < 4.78 is 6.84. The maximum absolute atomic E-state index is 11.8. The summed E-state index contributed by atoms with van der Waals surface area (Å²) in [6.45, 7) is 3.29. The van der Waals surface area contributed by atoms with Gasteiger partial charge in [0, 0.05) is 50.6 Å². The topological polar surface area (TPSA) is 59.4 Å². The molecule has 1 aromatic heterocycles. The Balaban J connectivity index is 0.00000225. The molecular formula is C17H22Cl2N4O2. The molecule has 6 nitrogen and oxygen atoms in total. The first-order chi connectivity index (χ1) is 11.6. The van der Waals surface area contributed by atoms with Crippen LogP contribution in [0.5, 0.6) is 0 Å². The Morgan fingerprint density at radius 1 is 1.48 bits per heavy atom. The van der Waals surface area contributed by atoms with Crippen molar-refractivity contribution in [1.29, 1.82) is 0 Å². The first-order valence-electron chi connectivity index (χ1n) is 7.89. The smallest absolute Gasteiger partial charge is 0.337 e. The van der Waals surface area contributed by atoms with E-state index in [1.165, 1.54) is 7.11 Å². The Morgan fingerprint density at radius 3 is 2.96 bits per heavy atom. The van der Waals surface area contributed by atoms with Gasteiger partial charge in [0.05, 0.1) is 18.7 Å². The molecule has 1 aromatic carbocycles. The van der Waals surface area contributed by atoms with Crippen LogP contribution in [0.1, 0.15) is 27.8 Å². The van der Waals surface area contributed by atoms with Crippen molar-refractivity contribution in [1.82, 2.24) is 19.8 Å². The van der Waals surface area contributed by atoms with E-state index in [2.05, 4.69) is 15.2 Å². The number of esters is 1. The third kappa shape index (κ3) is 4.33. The highest BCUT2D eigenvalue weighted by molar-refractivity contribution is 6.31. The number of hydrogen-bond donors (Lipinski definition) is 1. The minimum atomic E-state index is -0.353. The van der Waals surface area contributed by atoms with E-state index in [0.717, 1.165) is 31.0 Å². The van der Waals surface area contributed by atoms with Crippen molar-refractivity contribution < 1.29 is 9.53 Å². The lowest BCUT2D eigenvalue weighted by Crippen LogP contribution is -2.46. The summed E-state index contributed by atoms with van der Waals surface area (Å²) >= 11 is 6.35. The number of rotatable bonds is 4. The molecule has 2 heterocycles. The highest BCUT2D eigenvalue weighted by Gasteiger charge is 2.27. The Hall–Kier alpha value is -1.60. The quantitative estimate of drug-likeness (QED) is 0.820. The fourth-order valence-electron chi connectivity index (χ4n) is 3.05. The number of ether oxygens (including phenoxy) is 1. The van der Waals surface area contributed by atoms with Gasteiger partial charge in [0.1, 0.15) is 5.82 Å². The van der Waals surface area contributed by atoms with Gasteiger partial charge in [-0.1, -0.05) is 11.6 Å². The van der Waals surface area contributed by atoms with Crippen LogP contribution in [0.2, 0.25) is 5.02 Å². The van der Waals surface area contributed by atoms with Gasteiger partial charge in [0.25, 0.3) is 0 Å². The number of hydrogen-bond acceptors (Lipinski definition) is 5. The van der Waals surface area contributed by atoms with Crippen LogP contribution >= 0.6 is 24.0 Å². The van der Waals surface area contributed by atoms with Gasteiger partial charge in [-0.25, -0.2) is 9.78 Å². The molecule has 1 atom stereocenters. The minimum Gasteiger partial charge on any atom is -0.465 e. The van der Waals surface area contributed by atoms with Crippen molar-refractivity contribution in [2.24, 2.45) is 7.05 Å². The van der Waals surface area contributed by atoms with E-state index in [-0.39, 0.29) is 24.4 Å². The van der Waals surface area contributed by atoms with Crippen LogP contribution in [0, 0.1) is 0 Å². The largest absolute Gasteiger partial charge is 0.465 e. The number of imidazole rings is 1. The molecule has 1 N–H and O–H groups in total. The summed E-state index contributed by atoms with van der Waals surface area (Å²) in [6, 6.07) is 5.41. The van der Waals surface area contributed by atoms with E-state index in [1.807, 2.05) is 30.1 Å². The van der Waals surface area contributed by atoms with Crippen LogP contribution < -0.4 is 5.32 Å². The number of carbonyl (C=O) groups excluding carboxylic acids is 1. The molecule has 1 fully saturated rings. The molecule has 136 valence electrons. The minimum absolute atomic E-state index is 0. The molecule has 1 aliphatic rings. The molecule has 1 aliphatic heterocycles. The molecule has 0 radical (unpaired) electrons. The molecular weight excluding hydrogens is 363 g/mol. The second kappa shape index (κ2) is 8.67. The van der Waals surface area contributed by atoms with E-state index in [4.69, 9.17) is 16.3 Å². The molecule has 0 aliphatic carbocycles. The van der Waals surface area contributed by atoms with Crippen molar-refractivity contribution in [2.75, 3.05) is 26.7 Å². The van der Waals surface area contributed by atoms with Gasteiger partial charge in [0.2, 0.25) is 0 Å². The van der Waals surface area contributed by atoms with E-state index in [0.29, 0.717) is 17.1 Å². The number of methoxy groups -OCH3 is 1. The Bertz CT molecular complexity index is 735. The van der Waals surface area contributed by atoms with Gasteiger partial charge in [-0.2, -0.15) is 0 Å². The maximum atomic E-state index is 11.8. The lowest BCUT2D eigenvalue weighted by atomic mass is 10.1. The number of aromatic nitrogens is 2. The Labute approximate surface area is 158 Å². The third-order valence-corrected chi connectivity index (χ3v) is 4.72. The number of carbonyl (C=O) groups is 1. The van der Waals surface area contributed by atoms with Crippen LogP contribution in [-0.2, 0) is 18.3 Å². The van der Waals surface area contributed by atoms with Gasteiger partial charge >= 0.3 is 5.97 Å². The zero-order valence-corrected chi connectivity index (χ0v) is 15.8. The third-order valence-electron chi connectivity index (χ3n) is 4.35. The molecule has 0 bridgehead atoms. The van der Waals surface area contributed by atoms with Gasteiger partial charge in [0.15, 0.2) is 0 Å². The molecule has 0 amide bonds. The molecule has 8 heteroatoms. The number of nitrogens with one attached hydrogen (secondary N) is 1. The highest BCUT2D eigenvalue weighted by Crippen LogP contribution is 2.26. The monoisotopic (exact) mass is 384 g/mol. The molecule has 25 heavy (non-hydrogen) atoms. The summed E-state index contributed by atoms with van der Waals surface area (Å²) in [7, 11) is 3.38. The second-order valence-electron chi connectivity index (χ2n) is 5.88. The highest BCUT2D eigenvalue weighted by atomic mass is 35.5.